The number of rotatable bonds is 4. The Morgan fingerprint density at radius 2 is 1.36 bits per heavy atom. The Morgan fingerprint density at radius 1 is 0.880 bits per heavy atom. The highest BCUT2D eigenvalue weighted by Gasteiger charge is 2.53. The lowest BCUT2D eigenvalue weighted by molar-refractivity contribution is -0.140. The molecule has 2 heterocycles. The molecule has 2 saturated carbocycles. The Kier molecular flexibility index (Phi) is 5.42. The van der Waals surface area contributed by atoms with E-state index in [-0.39, 0.29) is 0 Å². The Labute approximate surface area is 164 Å². The molecule has 25 heavy (non-hydrogen) atoms. The van der Waals surface area contributed by atoms with Crippen molar-refractivity contribution in [3.8, 4) is 0 Å². The second-order valence-corrected chi connectivity index (χ2v) is 11.3. The molecular weight excluding hydrogens is 396 g/mol. The fraction of sp³-hybridized carbons (Fsp3) is 0.647. The van der Waals surface area contributed by atoms with Crippen LogP contribution in [0.4, 0.5) is 0 Å². The average molecular weight is 417 g/mol. The molecule has 136 valence electrons. The highest BCUT2D eigenvalue weighted by molar-refractivity contribution is 8.33. The van der Waals surface area contributed by atoms with Crippen molar-refractivity contribution in [1.82, 2.24) is 0 Å². The fourth-order valence-corrected chi connectivity index (χ4v) is 10.6. The van der Waals surface area contributed by atoms with E-state index in [9.17, 15) is 9.59 Å². The summed E-state index contributed by atoms with van der Waals surface area (Å²) in [5.74, 6) is 0.854. The zero-order chi connectivity index (χ0) is 17.6. The van der Waals surface area contributed by atoms with E-state index in [1.807, 2.05) is 23.5 Å². The zero-order valence-electron chi connectivity index (χ0n) is 14.1. The second-order valence-electron chi connectivity index (χ2n) is 6.38. The van der Waals surface area contributed by atoms with Crippen LogP contribution in [0.5, 0.6) is 0 Å². The molecule has 0 amide bonds. The van der Waals surface area contributed by atoms with Gasteiger partial charge in [0.15, 0.2) is 0 Å². The van der Waals surface area contributed by atoms with Gasteiger partial charge in [0.2, 0.25) is 0 Å². The minimum Gasteiger partial charge on any atom is -0.462 e. The number of carbonyl (C=O) groups is 2. The molecule has 0 spiro atoms. The van der Waals surface area contributed by atoms with Crippen LogP contribution in [0, 0.1) is 11.8 Å². The Morgan fingerprint density at radius 3 is 1.80 bits per heavy atom. The van der Waals surface area contributed by atoms with E-state index in [0.29, 0.717) is 33.5 Å². The number of esters is 2. The molecule has 0 aromatic heterocycles. The summed E-state index contributed by atoms with van der Waals surface area (Å²) in [6, 6.07) is 0. The second kappa shape index (κ2) is 7.44. The highest BCUT2D eigenvalue weighted by Crippen LogP contribution is 2.67. The summed E-state index contributed by atoms with van der Waals surface area (Å²) < 4.78 is 12.6. The van der Waals surface area contributed by atoms with E-state index >= 15 is 0 Å². The Bertz CT molecular complexity index is 620. The number of fused-ring (bicyclic) bond motifs is 5. The Balaban J connectivity index is 1.56. The van der Waals surface area contributed by atoms with Crippen molar-refractivity contribution < 1.29 is 19.1 Å². The van der Waals surface area contributed by atoms with Crippen LogP contribution in [-0.4, -0.2) is 35.7 Å². The maximum Gasteiger partial charge on any atom is 0.346 e. The summed E-state index contributed by atoms with van der Waals surface area (Å²) in [4.78, 5) is 25.3. The molecule has 4 rings (SSSR count). The normalized spacial score (nSPS) is 33.2. The number of thioether (sulfide) groups is 4. The van der Waals surface area contributed by atoms with E-state index in [0.717, 1.165) is 16.1 Å². The summed E-state index contributed by atoms with van der Waals surface area (Å²) in [5, 5.41) is 1.43. The first-order chi connectivity index (χ1) is 12.1. The van der Waals surface area contributed by atoms with Gasteiger partial charge in [0.25, 0.3) is 0 Å². The van der Waals surface area contributed by atoms with Gasteiger partial charge in [0, 0.05) is 10.5 Å². The lowest BCUT2D eigenvalue weighted by Crippen LogP contribution is -2.22. The van der Waals surface area contributed by atoms with E-state index in [4.69, 9.17) is 9.47 Å². The highest BCUT2D eigenvalue weighted by atomic mass is 32.2. The molecule has 0 aromatic rings. The predicted octanol–water partition coefficient (Wildman–Crippen LogP) is 4.58. The summed E-state index contributed by atoms with van der Waals surface area (Å²) in [7, 11) is 0. The molecule has 2 aliphatic heterocycles. The molecule has 1 saturated heterocycles. The summed E-state index contributed by atoms with van der Waals surface area (Å²) >= 11 is 6.70. The lowest BCUT2D eigenvalue weighted by atomic mass is 10.00. The molecule has 4 atom stereocenters. The van der Waals surface area contributed by atoms with Crippen molar-refractivity contribution in [3.63, 3.8) is 0 Å². The zero-order valence-corrected chi connectivity index (χ0v) is 17.4. The van der Waals surface area contributed by atoms with Gasteiger partial charge in [0.1, 0.15) is 9.81 Å². The molecule has 3 fully saturated rings. The first kappa shape index (κ1) is 18.2. The lowest BCUT2D eigenvalue weighted by Gasteiger charge is -2.21. The van der Waals surface area contributed by atoms with E-state index < -0.39 is 11.9 Å². The van der Waals surface area contributed by atoms with Gasteiger partial charge in [0.05, 0.1) is 21.7 Å². The van der Waals surface area contributed by atoms with E-state index in [2.05, 4.69) is 0 Å². The van der Waals surface area contributed by atoms with Crippen LogP contribution in [0.3, 0.4) is 0 Å². The third kappa shape index (κ3) is 3.28. The first-order valence-electron chi connectivity index (χ1n) is 8.64. The van der Waals surface area contributed by atoms with Crippen molar-refractivity contribution in [3.05, 3.63) is 18.3 Å². The molecule has 8 heteroatoms. The van der Waals surface area contributed by atoms with Crippen LogP contribution < -0.4 is 0 Å². The average Bonchev–Trinajstić information content (AvgIpc) is 3.34. The fourth-order valence-electron chi connectivity index (χ4n) is 3.93. The molecule has 0 aromatic carbocycles. The van der Waals surface area contributed by atoms with Gasteiger partial charge in [-0.2, -0.15) is 0 Å². The number of ether oxygens (including phenoxy) is 2. The van der Waals surface area contributed by atoms with Gasteiger partial charge in [-0.15, -0.1) is 23.5 Å². The molecule has 2 aliphatic carbocycles. The van der Waals surface area contributed by atoms with Crippen molar-refractivity contribution >= 4 is 59.0 Å². The molecule has 4 nitrogen and oxygen atoms in total. The summed E-state index contributed by atoms with van der Waals surface area (Å²) in [6.45, 7) is 4.14. The Hall–Kier alpha value is -0.180. The largest absolute Gasteiger partial charge is 0.462 e. The molecule has 0 unspecified atom stereocenters. The van der Waals surface area contributed by atoms with E-state index in [1.54, 1.807) is 13.8 Å². The van der Waals surface area contributed by atoms with Gasteiger partial charge in [-0.3, -0.25) is 0 Å². The van der Waals surface area contributed by atoms with Gasteiger partial charge in [-0.1, -0.05) is 23.5 Å². The minimum absolute atomic E-state index is 0.298. The number of hydrogen-bond acceptors (Lipinski definition) is 8. The maximum atomic E-state index is 12.3. The first-order valence-corrected chi connectivity index (χ1v) is 12.0. The van der Waals surface area contributed by atoms with Gasteiger partial charge < -0.3 is 9.47 Å². The number of hydrogen-bond donors (Lipinski definition) is 0. The van der Waals surface area contributed by atoms with Gasteiger partial charge >= 0.3 is 11.9 Å². The molecule has 0 radical (unpaired) electrons. The molecule has 2 bridgehead atoms. The van der Waals surface area contributed by atoms with Crippen LogP contribution >= 0.6 is 47.0 Å². The van der Waals surface area contributed by atoms with Crippen LogP contribution in [0.25, 0.3) is 0 Å². The third-order valence-corrected chi connectivity index (χ3v) is 11.5. The van der Waals surface area contributed by atoms with Crippen LogP contribution in [0.2, 0.25) is 0 Å². The molecular formula is C17H20O4S4. The van der Waals surface area contributed by atoms with Gasteiger partial charge in [-0.05, 0) is 44.9 Å². The third-order valence-electron chi connectivity index (χ3n) is 4.94. The van der Waals surface area contributed by atoms with Crippen molar-refractivity contribution in [2.45, 2.75) is 43.6 Å². The smallest absolute Gasteiger partial charge is 0.346 e. The maximum absolute atomic E-state index is 12.3. The predicted molar refractivity (Wildman–Crippen MR) is 106 cm³/mol. The molecule has 4 aliphatic rings. The minimum atomic E-state index is -0.424. The van der Waals surface area contributed by atoms with Crippen LogP contribution in [0.15, 0.2) is 18.3 Å². The SMILES string of the molecule is CCOC(=O)C1=C(C(=O)OCC)SC(=C2S[C@@H]3[C@H]4CC[C@H](C4)[C@@H]3S2)S1. The standard InChI is InChI=1S/C17H20O4S4/c1-3-20-14(18)12-13(15(19)21-4-2)25-17(24-12)16-22-10-8-5-6-9(7-8)11(10)23-16/h8-11H,3-7H2,1-2H3/t8-,9+,10+,11-. The molecule has 0 N–H and O–H groups in total. The topological polar surface area (TPSA) is 52.6 Å². The van der Waals surface area contributed by atoms with Crippen molar-refractivity contribution in [2.24, 2.45) is 11.8 Å². The monoisotopic (exact) mass is 416 g/mol. The van der Waals surface area contributed by atoms with Crippen molar-refractivity contribution in [2.75, 3.05) is 13.2 Å². The van der Waals surface area contributed by atoms with Gasteiger partial charge in [-0.25, -0.2) is 9.59 Å². The summed E-state index contributed by atoms with van der Waals surface area (Å²) in [5.41, 5.74) is 0. The van der Waals surface area contributed by atoms with Crippen molar-refractivity contribution in [1.29, 1.82) is 0 Å². The number of carbonyl (C=O) groups excluding carboxylic acids is 2. The van der Waals surface area contributed by atoms with E-state index in [1.165, 1.54) is 47.0 Å². The summed E-state index contributed by atoms with van der Waals surface area (Å²) in [6.07, 6.45) is 4.12. The quantitative estimate of drug-likeness (QED) is 0.618. The van der Waals surface area contributed by atoms with Crippen LogP contribution in [-0.2, 0) is 19.1 Å². The van der Waals surface area contributed by atoms with Crippen LogP contribution in [0.1, 0.15) is 33.1 Å².